The standard InChI is InChI=1S/C58H113NO11S/c1-3-5-7-9-11-13-15-16-17-18-19-20-21-22-23-24-25-26-27-28-29-30-31-32-33-34-35-36-38-40-42-44-46-48-54(62)59-51(52(61)47-45-43-41-39-37-14-12-10-8-6-4-2)50-68-58-56(64)57(70-71(65,66)67)55(63)53(49-60)69-58/h22-23,51-53,55-58,60-61,63-64H,3-21,24-50H2,1-2H3,(H,59,62)(H,65,66,67)/b23-22-. The molecule has 1 amide bonds. The zero-order valence-electron chi connectivity index (χ0n) is 45.8. The van der Waals surface area contributed by atoms with E-state index in [1.54, 1.807) is 0 Å². The van der Waals surface area contributed by atoms with Gasteiger partial charge >= 0.3 is 10.4 Å². The van der Waals surface area contributed by atoms with E-state index in [9.17, 15) is 38.2 Å². The average Bonchev–Trinajstić information content (AvgIpc) is 3.34. The van der Waals surface area contributed by atoms with Crippen molar-refractivity contribution in [2.45, 2.75) is 339 Å². The number of nitrogens with one attached hydrogen (secondary N) is 1. The van der Waals surface area contributed by atoms with Gasteiger partial charge in [0.05, 0.1) is 25.4 Å². The number of aliphatic hydroxyl groups is 4. The summed E-state index contributed by atoms with van der Waals surface area (Å²) in [5.41, 5.74) is 0. The van der Waals surface area contributed by atoms with Gasteiger partial charge in [-0.3, -0.25) is 9.35 Å². The molecular weight excluding hydrogens is 919 g/mol. The van der Waals surface area contributed by atoms with Gasteiger partial charge in [-0.1, -0.05) is 264 Å². The highest BCUT2D eigenvalue weighted by molar-refractivity contribution is 7.80. The number of carbonyl (C=O) groups excluding carboxylic acids is 1. The van der Waals surface area contributed by atoms with E-state index in [0.717, 1.165) is 51.4 Å². The number of ether oxygens (including phenoxy) is 2. The maximum absolute atomic E-state index is 13.1. The maximum Gasteiger partial charge on any atom is 0.397 e. The van der Waals surface area contributed by atoms with Gasteiger partial charge in [-0.05, 0) is 38.5 Å². The summed E-state index contributed by atoms with van der Waals surface area (Å²) in [5, 5.41) is 45.0. The Kier molecular flexibility index (Phi) is 46.3. The average molecular weight is 1030 g/mol. The Hall–Kier alpha value is -1.16. The first kappa shape index (κ1) is 67.9. The molecule has 1 heterocycles. The van der Waals surface area contributed by atoms with Crippen LogP contribution in [0.3, 0.4) is 0 Å². The van der Waals surface area contributed by atoms with Gasteiger partial charge in [0.2, 0.25) is 5.91 Å². The molecule has 1 aliphatic heterocycles. The molecule has 1 saturated heterocycles. The third-order valence-electron chi connectivity index (χ3n) is 14.6. The monoisotopic (exact) mass is 1030 g/mol. The molecule has 7 atom stereocenters. The van der Waals surface area contributed by atoms with E-state index in [1.807, 2.05) is 0 Å². The van der Waals surface area contributed by atoms with Crippen molar-refractivity contribution in [3.05, 3.63) is 12.2 Å². The number of allylic oxidation sites excluding steroid dienone is 2. The molecule has 0 spiro atoms. The second-order valence-electron chi connectivity index (χ2n) is 21.3. The zero-order chi connectivity index (χ0) is 51.9. The lowest BCUT2D eigenvalue weighted by Gasteiger charge is -2.41. The lowest BCUT2D eigenvalue weighted by Crippen LogP contribution is -2.61. The van der Waals surface area contributed by atoms with Gasteiger partial charge in [0.1, 0.15) is 24.4 Å². The molecule has 0 aromatic heterocycles. The Morgan fingerprint density at radius 2 is 0.901 bits per heavy atom. The molecule has 13 heteroatoms. The van der Waals surface area contributed by atoms with Crippen LogP contribution in [0.1, 0.15) is 296 Å². The number of unbranched alkanes of at least 4 members (excludes halogenated alkanes) is 39. The number of carbonyl (C=O) groups is 1. The van der Waals surface area contributed by atoms with Crippen molar-refractivity contribution < 1.29 is 51.8 Å². The molecular formula is C58H113NO11S. The summed E-state index contributed by atoms with van der Waals surface area (Å²) in [7, 11) is -5.08. The first-order chi connectivity index (χ1) is 34.5. The fourth-order valence-electron chi connectivity index (χ4n) is 9.93. The van der Waals surface area contributed by atoms with Crippen LogP contribution >= 0.6 is 0 Å². The summed E-state index contributed by atoms with van der Waals surface area (Å²) >= 11 is 0. The smallest absolute Gasteiger partial charge is 0.394 e. The number of hydrogen-bond donors (Lipinski definition) is 6. The van der Waals surface area contributed by atoms with Crippen LogP contribution in [0.4, 0.5) is 0 Å². The van der Waals surface area contributed by atoms with Crippen LogP contribution in [0, 0.1) is 0 Å². The van der Waals surface area contributed by atoms with Crippen molar-refractivity contribution in [3.8, 4) is 0 Å². The predicted octanol–water partition coefficient (Wildman–Crippen LogP) is 14.2. The normalized spacial score (nSPS) is 19.5. The van der Waals surface area contributed by atoms with Crippen LogP contribution in [-0.4, -0.2) is 95.4 Å². The van der Waals surface area contributed by atoms with Crippen LogP contribution in [0.2, 0.25) is 0 Å². The lowest BCUT2D eigenvalue weighted by atomic mass is 9.99. The molecule has 0 aliphatic carbocycles. The van der Waals surface area contributed by atoms with E-state index < -0.39 is 59.9 Å². The number of aliphatic hydroxyl groups excluding tert-OH is 4. The number of amides is 1. The molecule has 1 rings (SSSR count). The Bertz CT molecular complexity index is 1310. The van der Waals surface area contributed by atoms with Gasteiger partial charge in [0.25, 0.3) is 0 Å². The Balaban J connectivity index is 2.17. The second kappa shape index (κ2) is 48.5. The Labute approximate surface area is 436 Å². The third kappa shape index (κ3) is 40.8. The first-order valence-electron chi connectivity index (χ1n) is 30.1. The minimum Gasteiger partial charge on any atom is -0.394 e. The van der Waals surface area contributed by atoms with Crippen molar-refractivity contribution in [1.82, 2.24) is 5.32 Å². The van der Waals surface area contributed by atoms with E-state index >= 15 is 0 Å². The fraction of sp³-hybridized carbons (Fsp3) is 0.948. The molecule has 0 aromatic rings. The topological polar surface area (TPSA) is 192 Å². The molecule has 71 heavy (non-hydrogen) atoms. The first-order valence-corrected chi connectivity index (χ1v) is 31.4. The van der Waals surface area contributed by atoms with Crippen molar-refractivity contribution >= 4 is 16.3 Å². The van der Waals surface area contributed by atoms with Crippen LogP contribution in [0.25, 0.3) is 0 Å². The second-order valence-corrected chi connectivity index (χ2v) is 22.3. The molecule has 6 N–H and O–H groups in total. The van der Waals surface area contributed by atoms with E-state index in [2.05, 4.69) is 35.5 Å². The van der Waals surface area contributed by atoms with Gasteiger partial charge in [-0.15, -0.1) is 0 Å². The van der Waals surface area contributed by atoms with Crippen LogP contribution < -0.4 is 5.32 Å². The molecule has 0 bridgehead atoms. The van der Waals surface area contributed by atoms with Gasteiger partial charge in [-0.2, -0.15) is 8.42 Å². The molecule has 0 aromatic carbocycles. The van der Waals surface area contributed by atoms with Crippen LogP contribution in [0.5, 0.6) is 0 Å². The van der Waals surface area contributed by atoms with Crippen molar-refractivity contribution in [2.75, 3.05) is 13.2 Å². The summed E-state index contributed by atoms with van der Waals surface area (Å²) in [4.78, 5) is 13.1. The van der Waals surface area contributed by atoms with Crippen LogP contribution in [0.15, 0.2) is 12.2 Å². The molecule has 0 radical (unpaired) electrons. The van der Waals surface area contributed by atoms with E-state index in [1.165, 1.54) is 218 Å². The van der Waals surface area contributed by atoms with Gasteiger partial charge < -0.3 is 35.2 Å². The third-order valence-corrected chi connectivity index (χ3v) is 15.0. The lowest BCUT2D eigenvalue weighted by molar-refractivity contribution is -0.298. The minimum absolute atomic E-state index is 0.226. The zero-order valence-corrected chi connectivity index (χ0v) is 46.6. The highest BCUT2D eigenvalue weighted by atomic mass is 32.3. The van der Waals surface area contributed by atoms with Gasteiger partial charge in [0.15, 0.2) is 6.29 Å². The fourth-order valence-corrected chi connectivity index (χ4v) is 10.4. The molecule has 1 fully saturated rings. The Morgan fingerprint density at radius 3 is 1.27 bits per heavy atom. The van der Waals surface area contributed by atoms with E-state index in [4.69, 9.17) is 9.47 Å². The molecule has 7 unspecified atom stereocenters. The van der Waals surface area contributed by atoms with Crippen molar-refractivity contribution in [1.29, 1.82) is 0 Å². The molecule has 1 aliphatic rings. The SMILES string of the molecule is CCCCCCCCCCCCCC/C=C\CCCCCCCCCCCCCCCCCCCC(=O)NC(COC1OC(CO)C(O)C(OS(=O)(=O)O)C1O)C(O)CCCCCCCCCCCCC. The molecule has 0 saturated carbocycles. The highest BCUT2D eigenvalue weighted by Crippen LogP contribution is 2.26. The number of rotatable bonds is 53. The largest absolute Gasteiger partial charge is 0.397 e. The highest BCUT2D eigenvalue weighted by Gasteiger charge is 2.48. The van der Waals surface area contributed by atoms with Crippen molar-refractivity contribution in [2.24, 2.45) is 0 Å². The van der Waals surface area contributed by atoms with Gasteiger partial charge in [-0.25, -0.2) is 4.18 Å². The van der Waals surface area contributed by atoms with E-state index in [0.29, 0.717) is 12.8 Å². The van der Waals surface area contributed by atoms with Crippen molar-refractivity contribution in [3.63, 3.8) is 0 Å². The maximum atomic E-state index is 13.1. The predicted molar refractivity (Wildman–Crippen MR) is 292 cm³/mol. The summed E-state index contributed by atoms with van der Waals surface area (Å²) in [6.45, 7) is 3.47. The Morgan fingerprint density at radius 1 is 0.549 bits per heavy atom. The molecule has 422 valence electrons. The summed E-state index contributed by atoms with van der Waals surface area (Å²) < 4.78 is 47.8. The van der Waals surface area contributed by atoms with Crippen LogP contribution in [-0.2, 0) is 28.9 Å². The summed E-state index contributed by atoms with van der Waals surface area (Å²) in [6, 6.07) is -0.854. The van der Waals surface area contributed by atoms with Gasteiger partial charge in [0, 0.05) is 6.42 Å². The molecule has 12 nitrogen and oxygen atoms in total. The number of hydrogen-bond acceptors (Lipinski definition) is 10. The summed E-state index contributed by atoms with van der Waals surface area (Å²) in [5.74, 6) is -0.226. The minimum atomic E-state index is -5.08. The quantitative estimate of drug-likeness (QED) is 0.0193. The summed E-state index contributed by atoms with van der Waals surface area (Å²) in [6.07, 6.45) is 49.7. The van der Waals surface area contributed by atoms with E-state index in [-0.39, 0.29) is 12.5 Å².